The molecule has 2 rings (SSSR count). The molecule has 1 N–H and O–H groups in total. The number of aryl methyl sites for hydroxylation is 1. The lowest BCUT2D eigenvalue weighted by Gasteiger charge is -2.31. The van der Waals surface area contributed by atoms with Crippen LogP contribution in [0.4, 0.5) is 0 Å². The zero-order valence-electron chi connectivity index (χ0n) is 11.9. The van der Waals surface area contributed by atoms with Gasteiger partial charge < -0.3 is 14.4 Å². The predicted octanol–water partition coefficient (Wildman–Crippen LogP) is 0.800. The second-order valence-corrected chi connectivity index (χ2v) is 6.81. The predicted molar refractivity (Wildman–Crippen MR) is 74.8 cm³/mol. The van der Waals surface area contributed by atoms with Crippen molar-refractivity contribution in [2.24, 2.45) is 0 Å². The van der Waals surface area contributed by atoms with Gasteiger partial charge in [0.05, 0.1) is 19.3 Å². The third kappa shape index (κ3) is 2.90. The maximum absolute atomic E-state index is 12.6. The summed E-state index contributed by atoms with van der Waals surface area (Å²) in [5, 5.41) is 9.27. The summed E-state index contributed by atoms with van der Waals surface area (Å²) in [6.07, 6.45) is 2.35. The zero-order valence-corrected chi connectivity index (χ0v) is 12.8. The highest BCUT2D eigenvalue weighted by Gasteiger charge is 2.31. The van der Waals surface area contributed by atoms with E-state index >= 15 is 0 Å². The van der Waals surface area contributed by atoms with E-state index in [1.807, 2.05) is 13.8 Å². The third-order valence-electron chi connectivity index (χ3n) is 3.66. The van der Waals surface area contributed by atoms with Gasteiger partial charge in [-0.05, 0) is 19.4 Å². The van der Waals surface area contributed by atoms with Crippen LogP contribution >= 0.6 is 0 Å². The van der Waals surface area contributed by atoms with Gasteiger partial charge in [0.1, 0.15) is 4.90 Å². The molecule has 114 valence electrons. The summed E-state index contributed by atoms with van der Waals surface area (Å²) >= 11 is 0. The molecular weight excluding hydrogens is 280 g/mol. The number of sulfonamides is 1. The van der Waals surface area contributed by atoms with Crippen molar-refractivity contribution in [1.82, 2.24) is 8.87 Å². The Morgan fingerprint density at radius 2 is 2.20 bits per heavy atom. The topological polar surface area (TPSA) is 71.8 Å². The summed E-state index contributed by atoms with van der Waals surface area (Å²) < 4.78 is 34.0. The fourth-order valence-corrected chi connectivity index (χ4v) is 3.92. The number of ether oxygens (including phenoxy) is 1. The molecule has 0 radical (unpaired) electrons. The van der Waals surface area contributed by atoms with Crippen molar-refractivity contribution in [3.63, 3.8) is 0 Å². The van der Waals surface area contributed by atoms with Crippen LogP contribution in [0.1, 0.15) is 26.0 Å². The van der Waals surface area contributed by atoms with E-state index in [9.17, 15) is 13.5 Å². The molecule has 2 heterocycles. The van der Waals surface area contributed by atoms with Crippen LogP contribution < -0.4 is 0 Å². The SMILES string of the molecule is CCC1CN(S(=O)(=O)c2cc(CO)n(CC)c2)CCO1. The van der Waals surface area contributed by atoms with E-state index in [0.717, 1.165) is 6.42 Å². The van der Waals surface area contributed by atoms with Crippen LogP contribution in [-0.2, 0) is 27.9 Å². The van der Waals surface area contributed by atoms with Crippen molar-refractivity contribution in [3.8, 4) is 0 Å². The largest absolute Gasteiger partial charge is 0.390 e. The van der Waals surface area contributed by atoms with E-state index in [1.165, 1.54) is 4.31 Å². The molecule has 20 heavy (non-hydrogen) atoms. The standard InChI is InChI=1S/C13H22N2O4S/c1-3-12-8-15(5-6-19-12)20(17,18)13-7-11(10-16)14(4-2)9-13/h7,9,12,16H,3-6,8,10H2,1-2H3. The first-order valence-corrected chi connectivity index (χ1v) is 8.38. The molecule has 0 spiro atoms. The first-order chi connectivity index (χ1) is 9.52. The van der Waals surface area contributed by atoms with Gasteiger partial charge >= 0.3 is 0 Å². The van der Waals surface area contributed by atoms with Gasteiger partial charge in [0, 0.05) is 31.5 Å². The monoisotopic (exact) mass is 302 g/mol. The van der Waals surface area contributed by atoms with Gasteiger partial charge in [0.15, 0.2) is 0 Å². The average Bonchev–Trinajstić information content (AvgIpc) is 2.91. The van der Waals surface area contributed by atoms with E-state index in [0.29, 0.717) is 31.9 Å². The number of aliphatic hydroxyl groups excluding tert-OH is 1. The van der Waals surface area contributed by atoms with Gasteiger partial charge in [-0.2, -0.15) is 4.31 Å². The van der Waals surface area contributed by atoms with E-state index in [2.05, 4.69) is 0 Å². The van der Waals surface area contributed by atoms with Gasteiger partial charge in [-0.25, -0.2) is 8.42 Å². The van der Waals surface area contributed by atoms with Crippen molar-refractivity contribution in [2.45, 2.75) is 44.4 Å². The van der Waals surface area contributed by atoms with Crippen LogP contribution in [0.25, 0.3) is 0 Å². The number of aromatic nitrogens is 1. The Morgan fingerprint density at radius 1 is 1.45 bits per heavy atom. The zero-order chi connectivity index (χ0) is 14.8. The van der Waals surface area contributed by atoms with Gasteiger partial charge in [0.2, 0.25) is 10.0 Å². The smallest absolute Gasteiger partial charge is 0.244 e. The first-order valence-electron chi connectivity index (χ1n) is 6.94. The summed E-state index contributed by atoms with van der Waals surface area (Å²) in [4.78, 5) is 0.250. The Bertz CT molecular complexity index is 531. The Hall–Kier alpha value is -0.890. The van der Waals surface area contributed by atoms with E-state index in [4.69, 9.17) is 4.74 Å². The second-order valence-electron chi connectivity index (χ2n) is 4.88. The number of rotatable bonds is 5. The number of aliphatic hydroxyl groups is 1. The highest BCUT2D eigenvalue weighted by molar-refractivity contribution is 7.89. The van der Waals surface area contributed by atoms with Crippen molar-refractivity contribution in [3.05, 3.63) is 18.0 Å². The molecule has 1 unspecified atom stereocenters. The molecule has 1 aliphatic rings. The van der Waals surface area contributed by atoms with Gasteiger partial charge in [-0.1, -0.05) is 6.92 Å². The summed E-state index contributed by atoms with van der Waals surface area (Å²) in [6.45, 7) is 5.57. The fraction of sp³-hybridized carbons (Fsp3) is 0.692. The van der Waals surface area contributed by atoms with E-state index in [1.54, 1.807) is 16.8 Å². The highest BCUT2D eigenvalue weighted by atomic mass is 32.2. The molecule has 1 aromatic rings. The minimum atomic E-state index is -3.51. The van der Waals surface area contributed by atoms with Gasteiger partial charge in [0.25, 0.3) is 0 Å². The molecule has 0 aromatic carbocycles. The van der Waals surface area contributed by atoms with E-state index in [-0.39, 0.29) is 17.6 Å². The lowest BCUT2D eigenvalue weighted by molar-refractivity contribution is -0.00277. The van der Waals surface area contributed by atoms with Crippen molar-refractivity contribution < 1.29 is 18.3 Å². The fourth-order valence-electron chi connectivity index (χ4n) is 2.40. The molecule has 6 nitrogen and oxygen atoms in total. The van der Waals surface area contributed by atoms with Crippen LogP contribution in [0.5, 0.6) is 0 Å². The van der Waals surface area contributed by atoms with Gasteiger partial charge in [-0.3, -0.25) is 0 Å². The minimum Gasteiger partial charge on any atom is -0.390 e. The number of hydrogen-bond acceptors (Lipinski definition) is 4. The Balaban J connectivity index is 2.27. The molecule has 0 amide bonds. The molecule has 7 heteroatoms. The quantitative estimate of drug-likeness (QED) is 0.873. The Kier molecular flexibility index (Phi) is 4.85. The highest BCUT2D eigenvalue weighted by Crippen LogP contribution is 2.22. The summed E-state index contributed by atoms with van der Waals surface area (Å²) in [7, 11) is -3.51. The third-order valence-corrected chi connectivity index (χ3v) is 5.49. The van der Waals surface area contributed by atoms with Crippen molar-refractivity contribution in [2.75, 3.05) is 19.7 Å². The Morgan fingerprint density at radius 3 is 2.75 bits per heavy atom. The molecule has 0 saturated carbocycles. The number of hydrogen-bond donors (Lipinski definition) is 1. The maximum atomic E-state index is 12.6. The Labute approximate surface area is 120 Å². The number of morpholine rings is 1. The first kappa shape index (κ1) is 15.5. The summed E-state index contributed by atoms with van der Waals surface area (Å²) in [5.41, 5.74) is 0.617. The van der Waals surface area contributed by atoms with Crippen LogP contribution in [0.2, 0.25) is 0 Å². The lowest BCUT2D eigenvalue weighted by Crippen LogP contribution is -2.45. The van der Waals surface area contributed by atoms with Crippen LogP contribution in [0.3, 0.4) is 0 Å². The van der Waals surface area contributed by atoms with Crippen molar-refractivity contribution in [1.29, 1.82) is 0 Å². The van der Waals surface area contributed by atoms with Crippen LogP contribution in [0, 0.1) is 0 Å². The molecule has 1 fully saturated rings. The molecule has 1 aromatic heterocycles. The summed E-state index contributed by atoms with van der Waals surface area (Å²) in [6, 6.07) is 1.55. The van der Waals surface area contributed by atoms with Gasteiger partial charge in [-0.15, -0.1) is 0 Å². The van der Waals surface area contributed by atoms with Crippen LogP contribution in [-0.4, -0.2) is 48.2 Å². The average molecular weight is 302 g/mol. The minimum absolute atomic E-state index is 0.0379. The molecule has 0 aliphatic carbocycles. The molecule has 1 aliphatic heterocycles. The second kappa shape index (κ2) is 6.26. The maximum Gasteiger partial charge on any atom is 0.244 e. The summed E-state index contributed by atoms with van der Waals surface area (Å²) in [5.74, 6) is 0. The lowest BCUT2D eigenvalue weighted by atomic mass is 10.2. The normalized spacial score (nSPS) is 21.2. The molecule has 1 saturated heterocycles. The van der Waals surface area contributed by atoms with Crippen LogP contribution in [0.15, 0.2) is 17.2 Å². The van der Waals surface area contributed by atoms with E-state index < -0.39 is 10.0 Å². The molecular formula is C13H22N2O4S. The van der Waals surface area contributed by atoms with Crippen molar-refractivity contribution >= 4 is 10.0 Å². The molecule has 0 bridgehead atoms. The molecule has 1 atom stereocenters. The number of nitrogens with zero attached hydrogens (tertiary/aromatic N) is 2.